The first-order valence-corrected chi connectivity index (χ1v) is 11.0. The molecule has 1 aromatic heterocycles. The van der Waals surface area contributed by atoms with E-state index in [1.54, 1.807) is 26.3 Å². The van der Waals surface area contributed by atoms with Crippen LogP contribution in [0.3, 0.4) is 0 Å². The van der Waals surface area contributed by atoms with Crippen molar-refractivity contribution in [3.8, 4) is 17.0 Å². The summed E-state index contributed by atoms with van der Waals surface area (Å²) in [6.45, 7) is 8.64. The molecule has 1 atom stereocenters. The molecule has 2 heterocycles. The van der Waals surface area contributed by atoms with Crippen molar-refractivity contribution < 1.29 is 23.8 Å². The number of fused-ring (bicyclic) bond motifs is 3. The molecule has 172 valence electrons. The average Bonchev–Trinajstić information content (AvgIpc) is 2.75. The van der Waals surface area contributed by atoms with Crippen molar-refractivity contribution in [1.29, 1.82) is 0 Å². The molecule has 1 unspecified atom stereocenters. The maximum atomic E-state index is 12.8. The molecule has 0 bridgehead atoms. The van der Waals surface area contributed by atoms with E-state index in [1.165, 1.54) is 13.0 Å². The van der Waals surface area contributed by atoms with Crippen molar-refractivity contribution in [2.24, 2.45) is 5.92 Å². The summed E-state index contributed by atoms with van der Waals surface area (Å²) in [6, 6.07) is 5.23. The number of rotatable bonds is 9. The number of hydrogen-bond donors (Lipinski definition) is 0. The monoisotopic (exact) mass is 441 g/mol. The lowest BCUT2D eigenvalue weighted by molar-refractivity contribution is 0.0523. The Morgan fingerprint density at radius 3 is 2.53 bits per heavy atom. The second-order valence-corrected chi connectivity index (χ2v) is 8.34. The molecule has 7 nitrogen and oxygen atoms in total. The quantitative estimate of drug-likeness (QED) is 0.331. The van der Waals surface area contributed by atoms with Gasteiger partial charge in [0.15, 0.2) is 11.2 Å². The molecule has 0 saturated carbocycles. The molecule has 0 N–H and O–H groups in total. The molecule has 32 heavy (non-hydrogen) atoms. The van der Waals surface area contributed by atoms with Gasteiger partial charge in [0.1, 0.15) is 11.3 Å². The van der Waals surface area contributed by atoms with E-state index in [-0.39, 0.29) is 29.9 Å². The molecule has 3 rings (SSSR count). The van der Waals surface area contributed by atoms with Gasteiger partial charge in [-0.1, -0.05) is 13.8 Å². The zero-order valence-corrected chi connectivity index (χ0v) is 19.4. The van der Waals surface area contributed by atoms with Crippen LogP contribution in [0, 0.1) is 5.92 Å². The first-order valence-electron chi connectivity index (χ1n) is 11.0. The van der Waals surface area contributed by atoms with Gasteiger partial charge >= 0.3 is 5.97 Å². The number of carbonyl (C=O) groups is 2. The molecule has 0 radical (unpaired) electrons. The van der Waals surface area contributed by atoms with Crippen LogP contribution in [-0.2, 0) is 15.9 Å². The molecule has 0 fully saturated rings. The van der Waals surface area contributed by atoms with Crippen molar-refractivity contribution in [3.63, 3.8) is 0 Å². The van der Waals surface area contributed by atoms with Gasteiger partial charge in [-0.2, -0.15) is 0 Å². The van der Waals surface area contributed by atoms with Crippen LogP contribution in [0.4, 0.5) is 0 Å². The predicted molar refractivity (Wildman–Crippen MR) is 122 cm³/mol. The fraction of sp³-hybridized carbons (Fsp3) is 0.480. The lowest BCUT2D eigenvalue weighted by atomic mass is 9.86. The van der Waals surface area contributed by atoms with Gasteiger partial charge in [0.05, 0.1) is 24.5 Å². The number of nitrogens with zero attached hydrogens (tertiary/aromatic N) is 1. The third-order valence-electron chi connectivity index (χ3n) is 5.74. The number of aromatic nitrogens is 1. The first kappa shape index (κ1) is 23.7. The molecule has 2 aromatic rings. The zero-order chi connectivity index (χ0) is 23.4. The molecule has 1 aliphatic heterocycles. The minimum atomic E-state index is -0.620. The third-order valence-corrected chi connectivity index (χ3v) is 5.74. The molecular formula is C25H31NO6. The lowest BCUT2D eigenvalue weighted by Crippen LogP contribution is -2.29. The maximum absolute atomic E-state index is 12.8. The van der Waals surface area contributed by atoms with Crippen LogP contribution in [0.15, 0.2) is 29.2 Å². The SMILES string of the molecule is CCOC(=O)c1cn2c(cc1=O)-c1cc(C(C)=O)c(OCCCOC)cc1CC2C(C)C. The highest BCUT2D eigenvalue weighted by atomic mass is 16.5. The third kappa shape index (κ3) is 4.78. The second-order valence-electron chi connectivity index (χ2n) is 8.34. The van der Waals surface area contributed by atoms with Crippen LogP contribution in [0.5, 0.6) is 5.75 Å². The second kappa shape index (κ2) is 10.1. The molecule has 1 aliphatic rings. The smallest absolute Gasteiger partial charge is 0.343 e. The largest absolute Gasteiger partial charge is 0.493 e. The normalized spacial score (nSPS) is 14.6. The lowest BCUT2D eigenvalue weighted by Gasteiger charge is -2.34. The van der Waals surface area contributed by atoms with E-state index in [4.69, 9.17) is 14.2 Å². The number of hydrogen-bond acceptors (Lipinski definition) is 6. The van der Waals surface area contributed by atoms with Crippen LogP contribution in [0.1, 0.15) is 66.4 Å². The fourth-order valence-electron chi connectivity index (χ4n) is 4.09. The standard InChI is InChI=1S/C25H31NO6/c1-6-31-25(29)20-14-26-21(15(2)3)10-17-11-24(32-9-7-8-30-5)18(16(4)27)12-19(17)22(26)13-23(20)28/h11-15,21H,6-10H2,1-5H3. The number of benzene rings is 1. The van der Waals surface area contributed by atoms with E-state index in [1.807, 2.05) is 10.6 Å². The predicted octanol–water partition coefficient (Wildman–Crippen LogP) is 4.06. The van der Waals surface area contributed by atoms with Crippen molar-refractivity contribution in [1.82, 2.24) is 4.57 Å². The Labute approximate surface area is 188 Å². The Balaban J connectivity index is 2.13. The summed E-state index contributed by atoms with van der Waals surface area (Å²) in [5.41, 5.74) is 2.61. The van der Waals surface area contributed by atoms with E-state index in [9.17, 15) is 14.4 Å². The van der Waals surface area contributed by atoms with Gasteiger partial charge in [-0.25, -0.2) is 4.79 Å². The van der Waals surface area contributed by atoms with Crippen molar-refractivity contribution >= 4 is 11.8 Å². The summed E-state index contributed by atoms with van der Waals surface area (Å²) in [6.07, 6.45) is 3.01. The maximum Gasteiger partial charge on any atom is 0.343 e. The fourth-order valence-corrected chi connectivity index (χ4v) is 4.09. The number of ketones is 1. The Bertz CT molecular complexity index is 1070. The van der Waals surface area contributed by atoms with Crippen LogP contribution in [-0.4, -0.2) is 43.3 Å². The van der Waals surface area contributed by atoms with Crippen LogP contribution in [0.25, 0.3) is 11.3 Å². The summed E-state index contributed by atoms with van der Waals surface area (Å²) in [7, 11) is 1.64. The molecule has 0 aliphatic carbocycles. The summed E-state index contributed by atoms with van der Waals surface area (Å²) >= 11 is 0. The van der Waals surface area contributed by atoms with Gasteiger partial charge in [-0.05, 0) is 43.9 Å². The number of ether oxygens (including phenoxy) is 3. The number of esters is 1. The van der Waals surface area contributed by atoms with Gasteiger partial charge in [-0.3, -0.25) is 9.59 Å². The number of methoxy groups -OCH3 is 1. The zero-order valence-electron chi connectivity index (χ0n) is 19.4. The molecule has 0 spiro atoms. The van der Waals surface area contributed by atoms with Crippen molar-refractivity contribution in [2.45, 2.75) is 46.6 Å². The number of carbonyl (C=O) groups excluding carboxylic acids is 2. The number of pyridine rings is 1. The Kier molecular flexibility index (Phi) is 7.51. The van der Waals surface area contributed by atoms with Gasteiger partial charge in [0.25, 0.3) is 0 Å². The molecular weight excluding hydrogens is 410 g/mol. The van der Waals surface area contributed by atoms with Crippen molar-refractivity contribution in [3.05, 3.63) is 51.3 Å². The van der Waals surface area contributed by atoms with Crippen LogP contribution >= 0.6 is 0 Å². The number of Topliss-reactive ketones (excluding diaryl/α,β-unsaturated/α-hetero) is 1. The molecule has 0 amide bonds. The van der Waals surface area contributed by atoms with Crippen molar-refractivity contribution in [2.75, 3.05) is 26.9 Å². The molecule has 7 heteroatoms. The molecule has 0 saturated heterocycles. The van der Waals surface area contributed by atoms with Gasteiger partial charge in [-0.15, -0.1) is 0 Å². The molecule has 1 aromatic carbocycles. The summed E-state index contributed by atoms with van der Waals surface area (Å²) in [4.78, 5) is 37.4. The van der Waals surface area contributed by atoms with Gasteiger partial charge in [0, 0.05) is 44.0 Å². The van der Waals surface area contributed by atoms with Crippen LogP contribution in [0.2, 0.25) is 0 Å². The topological polar surface area (TPSA) is 83.8 Å². The Morgan fingerprint density at radius 1 is 1.16 bits per heavy atom. The summed E-state index contributed by atoms with van der Waals surface area (Å²) < 4.78 is 18.0. The van der Waals surface area contributed by atoms with E-state index in [2.05, 4.69) is 13.8 Å². The van der Waals surface area contributed by atoms with E-state index in [0.29, 0.717) is 43.1 Å². The van der Waals surface area contributed by atoms with Gasteiger partial charge in [0.2, 0.25) is 0 Å². The van der Waals surface area contributed by atoms with E-state index < -0.39 is 11.4 Å². The Morgan fingerprint density at radius 2 is 1.91 bits per heavy atom. The minimum absolute atomic E-state index is 0.0228. The summed E-state index contributed by atoms with van der Waals surface area (Å²) in [5, 5.41) is 0. The van der Waals surface area contributed by atoms with E-state index in [0.717, 1.165) is 11.1 Å². The first-order chi connectivity index (χ1) is 15.3. The summed E-state index contributed by atoms with van der Waals surface area (Å²) in [5.74, 6) is 0.0645. The minimum Gasteiger partial charge on any atom is -0.493 e. The highest BCUT2D eigenvalue weighted by Crippen LogP contribution is 2.40. The van der Waals surface area contributed by atoms with Gasteiger partial charge < -0.3 is 18.8 Å². The van der Waals surface area contributed by atoms with E-state index >= 15 is 0 Å². The highest BCUT2D eigenvalue weighted by Gasteiger charge is 2.29. The highest BCUT2D eigenvalue weighted by molar-refractivity contribution is 5.98. The Hall–Kier alpha value is -2.93. The average molecular weight is 442 g/mol. The van der Waals surface area contributed by atoms with Crippen LogP contribution < -0.4 is 10.2 Å².